The largest absolute Gasteiger partial charge is 0.357 e. The van der Waals surface area contributed by atoms with Crippen LogP contribution in [0.25, 0.3) is 0 Å². The lowest BCUT2D eigenvalue weighted by molar-refractivity contribution is 0.107. The van der Waals surface area contributed by atoms with Crippen LogP contribution in [0.5, 0.6) is 0 Å². The van der Waals surface area contributed by atoms with E-state index in [0.717, 1.165) is 57.3 Å². The van der Waals surface area contributed by atoms with E-state index in [4.69, 9.17) is 0 Å². The first-order chi connectivity index (χ1) is 12.1. The van der Waals surface area contributed by atoms with Gasteiger partial charge in [0, 0.05) is 45.3 Å². The Labute approximate surface area is 151 Å². The van der Waals surface area contributed by atoms with Crippen molar-refractivity contribution in [1.29, 1.82) is 0 Å². The fraction of sp³-hybridized carbons (Fsp3) is 0.632. The van der Waals surface area contributed by atoms with E-state index in [0.29, 0.717) is 12.6 Å². The predicted octanol–water partition coefficient (Wildman–Crippen LogP) is 1.91. The quantitative estimate of drug-likeness (QED) is 0.583. The Kier molecular flexibility index (Phi) is 8.15. The van der Waals surface area contributed by atoms with Crippen molar-refractivity contribution in [2.45, 2.75) is 33.4 Å². The van der Waals surface area contributed by atoms with Crippen molar-refractivity contribution in [3.05, 3.63) is 35.6 Å². The lowest BCUT2D eigenvalue weighted by atomic mass is 10.2. The summed E-state index contributed by atoms with van der Waals surface area (Å²) in [5.41, 5.74) is 1.00. The molecule has 0 aromatic heterocycles. The van der Waals surface area contributed by atoms with Gasteiger partial charge in [0.1, 0.15) is 5.82 Å². The van der Waals surface area contributed by atoms with Gasteiger partial charge in [-0.25, -0.2) is 9.38 Å². The van der Waals surface area contributed by atoms with E-state index in [-0.39, 0.29) is 5.82 Å². The Hall–Kier alpha value is -1.66. The van der Waals surface area contributed by atoms with E-state index in [2.05, 4.69) is 46.2 Å². The molecule has 5 nitrogen and oxygen atoms in total. The molecule has 0 amide bonds. The second kappa shape index (κ2) is 10.4. The third-order valence-electron chi connectivity index (χ3n) is 4.72. The maximum absolute atomic E-state index is 13.0. The molecule has 0 radical (unpaired) electrons. The predicted molar refractivity (Wildman–Crippen MR) is 102 cm³/mol. The van der Waals surface area contributed by atoms with Gasteiger partial charge < -0.3 is 15.5 Å². The van der Waals surface area contributed by atoms with Crippen LogP contribution < -0.4 is 10.6 Å². The Bertz CT molecular complexity index is 523. The molecule has 25 heavy (non-hydrogen) atoms. The first-order valence-corrected chi connectivity index (χ1v) is 9.35. The molecule has 2 N–H and O–H groups in total. The molecule has 1 saturated heterocycles. The first-order valence-electron chi connectivity index (χ1n) is 9.35. The van der Waals surface area contributed by atoms with Gasteiger partial charge in [-0.1, -0.05) is 19.1 Å². The van der Waals surface area contributed by atoms with Crippen LogP contribution in [0.15, 0.2) is 29.3 Å². The second-order valence-corrected chi connectivity index (χ2v) is 6.52. The third-order valence-corrected chi connectivity index (χ3v) is 4.72. The molecular formula is C19H32FN5. The van der Waals surface area contributed by atoms with Crippen LogP contribution in [0.3, 0.4) is 0 Å². The number of hydrogen-bond acceptors (Lipinski definition) is 3. The first kappa shape index (κ1) is 19.7. The van der Waals surface area contributed by atoms with E-state index < -0.39 is 0 Å². The summed E-state index contributed by atoms with van der Waals surface area (Å²) in [6, 6.07) is 6.97. The van der Waals surface area contributed by atoms with Crippen molar-refractivity contribution in [3.8, 4) is 0 Å². The average Bonchev–Trinajstić information content (AvgIpc) is 2.65. The van der Waals surface area contributed by atoms with E-state index in [1.54, 1.807) is 12.1 Å². The maximum Gasteiger partial charge on any atom is 0.191 e. The number of halogens is 1. The van der Waals surface area contributed by atoms with E-state index in [1.807, 2.05) is 0 Å². The number of aliphatic imine (C=N–C) groups is 1. The van der Waals surface area contributed by atoms with Gasteiger partial charge in [0.2, 0.25) is 0 Å². The molecule has 0 spiro atoms. The number of nitrogens with zero attached hydrogens (tertiary/aromatic N) is 3. The molecule has 6 heteroatoms. The number of rotatable bonds is 7. The van der Waals surface area contributed by atoms with Gasteiger partial charge in [-0.3, -0.25) is 4.90 Å². The van der Waals surface area contributed by atoms with Crippen molar-refractivity contribution in [1.82, 2.24) is 20.4 Å². The summed E-state index contributed by atoms with van der Waals surface area (Å²) in [6.07, 6.45) is 0. The highest BCUT2D eigenvalue weighted by Gasteiger charge is 2.20. The molecule has 1 aromatic carbocycles. The van der Waals surface area contributed by atoms with E-state index >= 15 is 0 Å². The molecule has 1 heterocycles. The van der Waals surface area contributed by atoms with Gasteiger partial charge >= 0.3 is 0 Å². The monoisotopic (exact) mass is 349 g/mol. The summed E-state index contributed by atoms with van der Waals surface area (Å²) in [7, 11) is 0. The van der Waals surface area contributed by atoms with Gasteiger partial charge in [-0.15, -0.1) is 0 Å². The van der Waals surface area contributed by atoms with E-state index in [1.165, 1.54) is 12.1 Å². The molecule has 1 aliphatic rings. The molecule has 2 rings (SSSR count). The zero-order chi connectivity index (χ0) is 18.1. The zero-order valence-corrected chi connectivity index (χ0v) is 15.8. The Balaban J connectivity index is 1.81. The second-order valence-electron chi connectivity index (χ2n) is 6.52. The lowest BCUT2D eigenvalue weighted by Gasteiger charge is -2.37. The van der Waals surface area contributed by atoms with Gasteiger partial charge in [0.25, 0.3) is 0 Å². The molecule has 1 aliphatic heterocycles. The van der Waals surface area contributed by atoms with Crippen LogP contribution >= 0.6 is 0 Å². The van der Waals surface area contributed by atoms with Crippen LogP contribution in [-0.4, -0.2) is 67.6 Å². The van der Waals surface area contributed by atoms with Crippen LogP contribution in [0.1, 0.15) is 26.3 Å². The standard InChI is InChI=1S/C19H32FN5/c1-4-21-19(23-15-17-6-8-18(20)9-7-17)22-14-16(3)25-12-10-24(5-2)11-13-25/h6-9,16H,4-5,10-15H2,1-3H3,(H2,21,22,23). The smallest absolute Gasteiger partial charge is 0.191 e. The van der Waals surface area contributed by atoms with Crippen molar-refractivity contribution in [3.63, 3.8) is 0 Å². The number of guanidine groups is 1. The Morgan fingerprint density at radius 3 is 2.40 bits per heavy atom. The average molecular weight is 349 g/mol. The molecule has 0 aliphatic carbocycles. The number of piperazine rings is 1. The Morgan fingerprint density at radius 1 is 1.12 bits per heavy atom. The molecule has 1 atom stereocenters. The maximum atomic E-state index is 13.0. The molecule has 1 aromatic rings. The molecule has 0 saturated carbocycles. The van der Waals surface area contributed by atoms with Gasteiger partial charge in [0.05, 0.1) is 6.54 Å². The fourth-order valence-corrected chi connectivity index (χ4v) is 3.00. The van der Waals surface area contributed by atoms with Crippen molar-refractivity contribution in [2.75, 3.05) is 45.8 Å². The van der Waals surface area contributed by atoms with E-state index in [9.17, 15) is 4.39 Å². The minimum atomic E-state index is -0.213. The van der Waals surface area contributed by atoms with Crippen LogP contribution in [-0.2, 0) is 6.54 Å². The highest BCUT2D eigenvalue weighted by Crippen LogP contribution is 2.06. The topological polar surface area (TPSA) is 42.9 Å². The number of nitrogens with one attached hydrogen (secondary N) is 2. The van der Waals surface area contributed by atoms with Crippen LogP contribution in [0, 0.1) is 5.82 Å². The van der Waals surface area contributed by atoms with Crippen LogP contribution in [0.4, 0.5) is 4.39 Å². The van der Waals surface area contributed by atoms with Crippen molar-refractivity contribution < 1.29 is 4.39 Å². The van der Waals surface area contributed by atoms with Gasteiger partial charge in [-0.2, -0.15) is 0 Å². The molecule has 1 fully saturated rings. The molecule has 140 valence electrons. The summed E-state index contributed by atoms with van der Waals surface area (Å²) in [6.45, 7) is 14.5. The summed E-state index contributed by atoms with van der Waals surface area (Å²) >= 11 is 0. The summed E-state index contributed by atoms with van der Waals surface area (Å²) in [5.74, 6) is 0.598. The fourth-order valence-electron chi connectivity index (χ4n) is 3.00. The lowest BCUT2D eigenvalue weighted by Crippen LogP contribution is -2.53. The summed E-state index contributed by atoms with van der Waals surface area (Å²) in [5, 5.41) is 6.71. The van der Waals surface area contributed by atoms with Gasteiger partial charge in [-0.05, 0) is 38.1 Å². The number of likely N-dealkylation sites (N-methyl/N-ethyl adjacent to an activating group) is 1. The highest BCUT2D eigenvalue weighted by atomic mass is 19.1. The van der Waals surface area contributed by atoms with Crippen molar-refractivity contribution >= 4 is 5.96 Å². The minimum absolute atomic E-state index is 0.213. The summed E-state index contributed by atoms with van der Waals surface area (Å²) < 4.78 is 13.0. The SMILES string of the molecule is CCNC(=NCc1ccc(F)cc1)NCC(C)N1CCN(CC)CC1. The minimum Gasteiger partial charge on any atom is -0.357 e. The zero-order valence-electron chi connectivity index (χ0n) is 15.8. The third kappa shape index (κ3) is 6.63. The number of benzene rings is 1. The van der Waals surface area contributed by atoms with Crippen molar-refractivity contribution in [2.24, 2.45) is 4.99 Å². The normalized spacial score (nSPS) is 18.2. The summed E-state index contributed by atoms with van der Waals surface area (Å²) in [4.78, 5) is 9.62. The molecule has 0 bridgehead atoms. The van der Waals surface area contributed by atoms with Gasteiger partial charge in [0.15, 0.2) is 5.96 Å². The molecular weight excluding hydrogens is 317 g/mol. The Morgan fingerprint density at radius 2 is 1.80 bits per heavy atom. The highest BCUT2D eigenvalue weighted by molar-refractivity contribution is 5.79. The molecule has 1 unspecified atom stereocenters. The van der Waals surface area contributed by atoms with Crippen LogP contribution in [0.2, 0.25) is 0 Å². The number of hydrogen-bond donors (Lipinski definition) is 2.